The first-order valence-corrected chi connectivity index (χ1v) is 6.01. The highest BCUT2D eigenvalue weighted by molar-refractivity contribution is 5.81. The Balaban J connectivity index is 0.000000138. The van der Waals surface area contributed by atoms with Gasteiger partial charge in [-0.1, -0.05) is 91.5 Å². The second kappa shape index (κ2) is 6.41. The van der Waals surface area contributed by atoms with Crippen molar-refractivity contribution < 1.29 is 0 Å². The van der Waals surface area contributed by atoms with E-state index in [-0.39, 0.29) is 0 Å². The molecule has 0 aliphatic rings. The van der Waals surface area contributed by atoms with Gasteiger partial charge in [0, 0.05) is 0 Å². The molecule has 0 aliphatic heterocycles. The summed E-state index contributed by atoms with van der Waals surface area (Å²) in [5.41, 5.74) is 1.17. The maximum Gasteiger partial charge on any atom is -0.0184 e. The van der Waals surface area contributed by atoms with Gasteiger partial charge in [-0.15, -0.1) is 0 Å². The van der Waals surface area contributed by atoms with E-state index in [9.17, 15) is 0 Å². The fourth-order valence-electron chi connectivity index (χ4n) is 1.72. The van der Waals surface area contributed by atoms with Gasteiger partial charge in [-0.3, -0.25) is 0 Å². The predicted octanol–water partition coefficient (Wildman–Crippen LogP) is 5.17. The van der Waals surface area contributed by atoms with Gasteiger partial charge in [0.1, 0.15) is 0 Å². The maximum absolute atomic E-state index is 3.63. The van der Waals surface area contributed by atoms with Crippen molar-refractivity contribution in [2.75, 3.05) is 0 Å². The summed E-state index contributed by atoms with van der Waals surface area (Å²) >= 11 is 0. The molecule has 0 aromatic heterocycles. The molecule has 88 valence electrons. The molecule has 0 atom stereocenters. The van der Waals surface area contributed by atoms with Crippen LogP contribution in [0.2, 0.25) is 0 Å². The van der Waals surface area contributed by atoms with Gasteiger partial charge in [0.15, 0.2) is 0 Å². The molecule has 0 nitrogen and oxygen atoms in total. The number of fused-ring (bicyclic) bond motifs is 1. The first-order chi connectivity index (χ1) is 8.90. The summed E-state index contributed by atoms with van der Waals surface area (Å²) < 4.78 is 0. The lowest BCUT2D eigenvalue weighted by Crippen LogP contribution is -1.67. The molecule has 0 fully saturated rings. The Hall–Kier alpha value is -2.34. The number of rotatable bonds is 1. The van der Waals surface area contributed by atoms with Crippen LogP contribution in [0.4, 0.5) is 0 Å². The Kier molecular flexibility index (Phi) is 4.32. The lowest BCUT2D eigenvalue weighted by Gasteiger charge is -1.92. The SMILES string of the molecule is C=Cc1ccccc1.c1ccc2ccccc2c1. The summed E-state index contributed by atoms with van der Waals surface area (Å²) in [6.45, 7) is 3.63. The van der Waals surface area contributed by atoms with Crippen molar-refractivity contribution in [1.82, 2.24) is 0 Å². The van der Waals surface area contributed by atoms with Gasteiger partial charge in [-0.25, -0.2) is 0 Å². The molecule has 0 saturated carbocycles. The molecule has 3 aromatic rings. The van der Waals surface area contributed by atoms with Crippen LogP contribution in [0, 0.1) is 0 Å². The van der Waals surface area contributed by atoms with E-state index in [4.69, 9.17) is 0 Å². The molecule has 0 radical (unpaired) electrons. The minimum atomic E-state index is 1.17. The number of hydrogen-bond donors (Lipinski definition) is 0. The lowest BCUT2D eigenvalue weighted by atomic mass is 10.1. The molecule has 18 heavy (non-hydrogen) atoms. The third kappa shape index (κ3) is 3.33. The van der Waals surface area contributed by atoms with Crippen LogP contribution in [0.15, 0.2) is 85.4 Å². The Morgan fingerprint density at radius 1 is 0.556 bits per heavy atom. The highest BCUT2D eigenvalue weighted by Gasteiger charge is 1.85. The van der Waals surface area contributed by atoms with E-state index in [1.807, 2.05) is 36.4 Å². The molecule has 0 aliphatic carbocycles. The zero-order chi connectivity index (χ0) is 12.6. The van der Waals surface area contributed by atoms with Gasteiger partial charge < -0.3 is 0 Å². The molecule has 0 bridgehead atoms. The molecular formula is C18H16. The highest BCUT2D eigenvalue weighted by Crippen LogP contribution is 2.11. The summed E-state index contributed by atoms with van der Waals surface area (Å²) in [4.78, 5) is 0. The third-order valence-corrected chi connectivity index (χ3v) is 2.69. The summed E-state index contributed by atoms with van der Waals surface area (Å²) in [6.07, 6.45) is 1.83. The molecule has 3 rings (SSSR count). The Bertz CT molecular complexity index is 544. The molecule has 0 N–H and O–H groups in total. The van der Waals surface area contributed by atoms with Crippen molar-refractivity contribution in [3.05, 3.63) is 91.0 Å². The average molecular weight is 232 g/mol. The standard InChI is InChI=1S/C10H8.C8H8/c1-2-6-10-8-4-3-7-9(10)5-1;1-2-8-6-4-3-5-7-8/h1-8H;2-7H,1H2. The van der Waals surface area contributed by atoms with E-state index in [0.29, 0.717) is 0 Å². The van der Waals surface area contributed by atoms with Gasteiger partial charge in [-0.05, 0) is 16.3 Å². The van der Waals surface area contributed by atoms with E-state index in [0.717, 1.165) is 0 Å². The smallest absolute Gasteiger partial charge is 0.0184 e. The van der Waals surface area contributed by atoms with Crippen LogP contribution in [0.5, 0.6) is 0 Å². The maximum atomic E-state index is 3.63. The fraction of sp³-hybridized carbons (Fsp3) is 0. The summed E-state index contributed by atoms with van der Waals surface area (Å²) in [5.74, 6) is 0. The molecule has 0 heteroatoms. The van der Waals surface area contributed by atoms with E-state index >= 15 is 0 Å². The second-order valence-corrected chi connectivity index (χ2v) is 3.96. The van der Waals surface area contributed by atoms with E-state index in [1.165, 1.54) is 16.3 Å². The van der Waals surface area contributed by atoms with Crippen molar-refractivity contribution in [2.45, 2.75) is 0 Å². The number of hydrogen-bond acceptors (Lipinski definition) is 0. The van der Waals surface area contributed by atoms with Crippen LogP contribution in [-0.4, -0.2) is 0 Å². The van der Waals surface area contributed by atoms with E-state index in [2.05, 4.69) is 55.1 Å². The third-order valence-electron chi connectivity index (χ3n) is 2.69. The molecular weight excluding hydrogens is 216 g/mol. The first kappa shape index (κ1) is 12.1. The molecule has 0 amide bonds. The van der Waals surface area contributed by atoms with E-state index < -0.39 is 0 Å². The molecule has 0 saturated heterocycles. The summed E-state index contributed by atoms with van der Waals surface area (Å²) in [5, 5.41) is 2.62. The fourth-order valence-corrected chi connectivity index (χ4v) is 1.72. The Morgan fingerprint density at radius 2 is 0.944 bits per heavy atom. The van der Waals surface area contributed by atoms with Gasteiger partial charge in [0.05, 0.1) is 0 Å². The Morgan fingerprint density at radius 3 is 1.28 bits per heavy atom. The van der Waals surface area contributed by atoms with Crippen LogP contribution in [0.1, 0.15) is 5.56 Å². The second-order valence-electron chi connectivity index (χ2n) is 3.96. The first-order valence-electron chi connectivity index (χ1n) is 6.01. The highest BCUT2D eigenvalue weighted by atomic mass is 13.9. The van der Waals surface area contributed by atoms with Crippen molar-refractivity contribution in [1.29, 1.82) is 0 Å². The van der Waals surface area contributed by atoms with Crippen molar-refractivity contribution >= 4 is 16.8 Å². The van der Waals surface area contributed by atoms with E-state index in [1.54, 1.807) is 0 Å². The zero-order valence-corrected chi connectivity index (χ0v) is 10.3. The van der Waals surface area contributed by atoms with Gasteiger partial charge in [0.2, 0.25) is 0 Å². The summed E-state index contributed by atoms with van der Waals surface area (Å²) in [6, 6.07) is 26.7. The molecule has 0 unspecified atom stereocenters. The van der Waals surface area contributed by atoms with Gasteiger partial charge >= 0.3 is 0 Å². The minimum absolute atomic E-state index is 1.17. The number of benzene rings is 3. The van der Waals surface area contributed by atoms with Crippen LogP contribution < -0.4 is 0 Å². The molecule has 3 aromatic carbocycles. The molecule has 0 spiro atoms. The predicted molar refractivity (Wildman–Crippen MR) is 80.5 cm³/mol. The normalized spacial score (nSPS) is 9.33. The molecule has 0 heterocycles. The minimum Gasteiger partial charge on any atom is -0.0985 e. The average Bonchev–Trinajstić information content (AvgIpc) is 2.49. The largest absolute Gasteiger partial charge is 0.0985 e. The van der Waals surface area contributed by atoms with Crippen molar-refractivity contribution in [3.8, 4) is 0 Å². The van der Waals surface area contributed by atoms with Crippen LogP contribution in [0.25, 0.3) is 16.8 Å². The van der Waals surface area contributed by atoms with Gasteiger partial charge in [0.25, 0.3) is 0 Å². The van der Waals surface area contributed by atoms with Crippen molar-refractivity contribution in [3.63, 3.8) is 0 Å². The lowest BCUT2D eigenvalue weighted by molar-refractivity contribution is 1.67. The Labute approximate surface area is 108 Å². The van der Waals surface area contributed by atoms with Crippen LogP contribution in [-0.2, 0) is 0 Å². The summed E-state index contributed by atoms with van der Waals surface area (Å²) in [7, 11) is 0. The monoisotopic (exact) mass is 232 g/mol. The topological polar surface area (TPSA) is 0 Å². The van der Waals surface area contributed by atoms with Crippen LogP contribution in [0.3, 0.4) is 0 Å². The van der Waals surface area contributed by atoms with Crippen molar-refractivity contribution in [2.24, 2.45) is 0 Å². The zero-order valence-electron chi connectivity index (χ0n) is 10.3. The van der Waals surface area contributed by atoms with Crippen LogP contribution >= 0.6 is 0 Å². The van der Waals surface area contributed by atoms with Gasteiger partial charge in [-0.2, -0.15) is 0 Å². The quantitative estimate of drug-likeness (QED) is 0.543.